The molecule has 3 aliphatic heterocycles. The minimum Gasteiger partial charge on any atom is -0.343 e. The number of likely N-dealkylation sites (tertiary alicyclic amines) is 1. The van der Waals surface area contributed by atoms with Crippen LogP contribution in [0.4, 0.5) is 13.2 Å². The lowest BCUT2D eigenvalue weighted by atomic mass is 9.58. The molecule has 6 rings (SSSR count). The van der Waals surface area contributed by atoms with Gasteiger partial charge in [-0.05, 0) is 47.3 Å². The lowest BCUT2D eigenvalue weighted by Gasteiger charge is -2.45. The zero-order chi connectivity index (χ0) is 29.1. The molecule has 4 unspecified atom stereocenters. The number of aromatic amines is 1. The van der Waals surface area contributed by atoms with Crippen LogP contribution in [0.1, 0.15) is 38.1 Å². The van der Waals surface area contributed by atoms with Gasteiger partial charge in [0.05, 0.1) is 29.9 Å². The largest absolute Gasteiger partial charge is 0.389 e. The van der Waals surface area contributed by atoms with Crippen molar-refractivity contribution in [3.8, 4) is 0 Å². The topological polar surface area (TPSA) is 125 Å². The van der Waals surface area contributed by atoms with Crippen molar-refractivity contribution in [1.82, 2.24) is 24.9 Å². The van der Waals surface area contributed by atoms with E-state index in [-0.39, 0.29) is 37.0 Å². The highest BCUT2D eigenvalue weighted by Crippen LogP contribution is 2.51. The number of halogens is 5. The van der Waals surface area contributed by atoms with E-state index < -0.39 is 41.7 Å². The zero-order valence-electron chi connectivity index (χ0n) is 21.6. The molecule has 5 heterocycles. The molecule has 2 N–H and O–H groups in total. The number of ketones is 1. The number of imidazole rings is 1. The number of Topliss-reactive ketones (excluding diaryl/α,β-unsaturated/α-hetero) is 1. The standard InChI is InChI=1S/C26H26Br2F3N7O3/c27-14-10-25-9-13(19(40)16(11-26(29,30)31)20(25)35-36-21(25)22(28)33-12-14)8-18(39)37-6-3-15(4-7-37)38-17-2-1-5-32-23(17)34-24(38)41/h1-2,5,10,13,15-16,20,35H,3-4,6-9,11-12H2,(H,32,34,41). The molecule has 2 fully saturated rings. The van der Waals surface area contributed by atoms with E-state index in [1.165, 1.54) is 0 Å². The lowest BCUT2D eigenvalue weighted by Crippen LogP contribution is -2.57. The molecule has 0 radical (unpaired) electrons. The van der Waals surface area contributed by atoms with E-state index in [4.69, 9.17) is 0 Å². The first kappa shape index (κ1) is 28.3. The summed E-state index contributed by atoms with van der Waals surface area (Å²) in [7, 11) is 0. The van der Waals surface area contributed by atoms with Gasteiger partial charge in [-0.3, -0.25) is 24.1 Å². The van der Waals surface area contributed by atoms with Crippen LogP contribution in [0.5, 0.6) is 0 Å². The number of fused-ring (bicyclic) bond motifs is 1. The van der Waals surface area contributed by atoms with E-state index in [0.29, 0.717) is 51.9 Å². The SMILES string of the molecule is O=C1C(CC(=O)N2CCC(n3c(=O)[nH]c4ncccc43)CC2)CC23C=C(Br)CN=C(Br)C2=NNC3C1CC(F)(F)F. The molecule has 1 saturated carbocycles. The maximum atomic E-state index is 13.7. The van der Waals surface area contributed by atoms with E-state index in [2.05, 4.69) is 57.3 Å². The van der Waals surface area contributed by atoms with Crippen LogP contribution in [0.3, 0.4) is 0 Å². The summed E-state index contributed by atoms with van der Waals surface area (Å²) >= 11 is 6.88. The molecule has 2 aromatic rings. The van der Waals surface area contributed by atoms with E-state index in [1.807, 2.05) is 6.07 Å². The number of H-pyrrole nitrogens is 1. The summed E-state index contributed by atoms with van der Waals surface area (Å²) in [4.78, 5) is 52.6. The first-order valence-electron chi connectivity index (χ1n) is 13.3. The number of hydrogen-bond donors (Lipinski definition) is 2. The van der Waals surface area contributed by atoms with Gasteiger partial charge in [0.1, 0.15) is 16.1 Å². The van der Waals surface area contributed by atoms with Gasteiger partial charge in [0, 0.05) is 48.1 Å². The minimum absolute atomic E-state index is 0.134. The molecule has 1 amide bonds. The fourth-order valence-corrected chi connectivity index (χ4v) is 7.94. The molecule has 218 valence electrons. The van der Waals surface area contributed by atoms with E-state index >= 15 is 0 Å². The Morgan fingerprint density at radius 1 is 1.20 bits per heavy atom. The van der Waals surface area contributed by atoms with Gasteiger partial charge >= 0.3 is 11.9 Å². The van der Waals surface area contributed by atoms with Gasteiger partial charge in [-0.15, -0.1) is 0 Å². The van der Waals surface area contributed by atoms with Crippen molar-refractivity contribution in [2.24, 2.45) is 27.3 Å². The molecular weight excluding hydrogens is 675 g/mol. The Labute approximate surface area is 248 Å². The van der Waals surface area contributed by atoms with Crippen LogP contribution < -0.4 is 11.1 Å². The smallest absolute Gasteiger partial charge is 0.343 e. The monoisotopic (exact) mass is 699 g/mol. The molecular formula is C26H26Br2F3N7O3. The number of carbonyl (C=O) groups is 2. The first-order valence-corrected chi connectivity index (χ1v) is 14.9. The summed E-state index contributed by atoms with van der Waals surface area (Å²) in [5.41, 5.74) is 3.14. The highest BCUT2D eigenvalue weighted by atomic mass is 79.9. The van der Waals surface area contributed by atoms with Crippen LogP contribution >= 0.6 is 31.9 Å². The second-order valence-electron chi connectivity index (χ2n) is 11.0. The quantitative estimate of drug-likeness (QED) is 0.502. The van der Waals surface area contributed by atoms with Crippen LogP contribution in [0.25, 0.3) is 11.2 Å². The Bertz CT molecular complexity index is 1560. The van der Waals surface area contributed by atoms with E-state index in [1.54, 1.807) is 27.8 Å². The maximum Gasteiger partial charge on any atom is 0.389 e. The van der Waals surface area contributed by atoms with Gasteiger partial charge in [-0.25, -0.2) is 9.78 Å². The number of amides is 1. The van der Waals surface area contributed by atoms with Gasteiger partial charge in [0.2, 0.25) is 5.91 Å². The Kier molecular flexibility index (Phi) is 7.23. The Morgan fingerprint density at radius 3 is 2.68 bits per heavy atom. The molecule has 0 bridgehead atoms. The van der Waals surface area contributed by atoms with Crippen LogP contribution in [0, 0.1) is 17.3 Å². The third-order valence-electron chi connectivity index (χ3n) is 8.59. The molecule has 15 heteroatoms. The summed E-state index contributed by atoms with van der Waals surface area (Å²) in [6, 6.07) is 2.52. The number of aromatic nitrogens is 3. The van der Waals surface area contributed by atoms with Crippen molar-refractivity contribution in [3.63, 3.8) is 0 Å². The van der Waals surface area contributed by atoms with Gasteiger partial charge in [-0.1, -0.05) is 22.0 Å². The molecule has 41 heavy (non-hydrogen) atoms. The minimum atomic E-state index is -4.58. The summed E-state index contributed by atoms with van der Waals surface area (Å²) in [5.74, 6) is -3.20. The van der Waals surface area contributed by atoms with Gasteiger partial charge in [0.25, 0.3) is 0 Å². The highest BCUT2D eigenvalue weighted by Gasteiger charge is 2.60. The number of aliphatic imine (C=N–C) groups is 1. The predicted octanol–water partition coefficient (Wildman–Crippen LogP) is 3.84. The lowest BCUT2D eigenvalue weighted by molar-refractivity contribution is -0.163. The molecule has 1 saturated heterocycles. The van der Waals surface area contributed by atoms with Crippen LogP contribution in [-0.2, 0) is 9.59 Å². The molecule has 10 nitrogen and oxygen atoms in total. The number of nitrogens with zero attached hydrogens (tertiary/aromatic N) is 5. The summed E-state index contributed by atoms with van der Waals surface area (Å²) in [6.07, 6.45) is -1.49. The summed E-state index contributed by atoms with van der Waals surface area (Å²) in [5, 5.41) is 4.32. The fourth-order valence-electron chi connectivity index (χ4n) is 6.82. The number of hydrogen-bond acceptors (Lipinski definition) is 7. The Hall–Kier alpha value is -2.81. The van der Waals surface area contributed by atoms with Crippen molar-refractivity contribution in [2.75, 3.05) is 19.6 Å². The number of nitrogens with one attached hydrogen (secondary N) is 2. The van der Waals surface area contributed by atoms with Crippen molar-refractivity contribution >= 4 is 65.0 Å². The third-order valence-corrected chi connectivity index (χ3v) is 9.69. The molecule has 1 spiro atoms. The zero-order valence-corrected chi connectivity index (χ0v) is 24.8. The second-order valence-corrected chi connectivity index (χ2v) is 12.8. The van der Waals surface area contributed by atoms with Crippen molar-refractivity contribution < 1.29 is 22.8 Å². The highest BCUT2D eigenvalue weighted by molar-refractivity contribution is 9.19. The fraction of sp³-hybridized carbons (Fsp3) is 0.538. The normalized spacial score (nSPS) is 28.8. The Morgan fingerprint density at radius 2 is 1.95 bits per heavy atom. The third kappa shape index (κ3) is 5.08. The van der Waals surface area contributed by atoms with Crippen LogP contribution in [0.15, 0.2) is 43.8 Å². The molecule has 4 aliphatic rings. The van der Waals surface area contributed by atoms with Crippen LogP contribution in [-0.4, -0.2) is 73.3 Å². The average molecular weight is 701 g/mol. The van der Waals surface area contributed by atoms with Gasteiger partial charge in [0.15, 0.2) is 5.65 Å². The molecule has 4 atom stereocenters. The number of pyridine rings is 1. The number of hydrazone groups is 1. The van der Waals surface area contributed by atoms with Crippen molar-refractivity contribution in [2.45, 2.75) is 50.4 Å². The number of piperidine rings is 1. The van der Waals surface area contributed by atoms with E-state index in [0.717, 1.165) is 0 Å². The van der Waals surface area contributed by atoms with Crippen LogP contribution in [0.2, 0.25) is 0 Å². The number of carbonyl (C=O) groups excluding carboxylic acids is 2. The predicted molar refractivity (Wildman–Crippen MR) is 152 cm³/mol. The van der Waals surface area contributed by atoms with Gasteiger partial charge in [-0.2, -0.15) is 18.3 Å². The van der Waals surface area contributed by atoms with Crippen molar-refractivity contribution in [1.29, 1.82) is 0 Å². The summed E-state index contributed by atoms with van der Waals surface area (Å²) in [6.45, 7) is 1.00. The number of alkyl halides is 3. The molecule has 2 aromatic heterocycles. The Balaban J connectivity index is 1.22. The van der Waals surface area contributed by atoms with E-state index in [9.17, 15) is 27.6 Å². The maximum absolute atomic E-state index is 13.7. The molecule has 1 aliphatic carbocycles. The average Bonchev–Trinajstić information content (AvgIpc) is 3.42. The number of rotatable bonds is 4. The van der Waals surface area contributed by atoms with Crippen molar-refractivity contribution in [3.05, 3.63) is 39.4 Å². The second kappa shape index (κ2) is 10.5. The first-order chi connectivity index (χ1) is 19.5. The molecule has 0 aromatic carbocycles. The summed E-state index contributed by atoms with van der Waals surface area (Å²) < 4.78 is 43.9. The van der Waals surface area contributed by atoms with Gasteiger partial charge < -0.3 is 10.3 Å².